The summed E-state index contributed by atoms with van der Waals surface area (Å²) in [4.78, 5) is 2.53. The highest BCUT2D eigenvalue weighted by Gasteiger charge is 2.20. The van der Waals surface area contributed by atoms with E-state index < -0.39 is 0 Å². The molecule has 3 aromatic rings. The summed E-state index contributed by atoms with van der Waals surface area (Å²) in [5.74, 6) is 0.880. The van der Waals surface area contributed by atoms with Crippen LogP contribution in [0.3, 0.4) is 0 Å². The second kappa shape index (κ2) is 8.75. The van der Waals surface area contributed by atoms with Gasteiger partial charge < -0.3 is 14.8 Å². The molecule has 0 bridgehead atoms. The molecule has 7 heteroatoms. The second-order valence-electron chi connectivity index (χ2n) is 7.23. The van der Waals surface area contributed by atoms with Gasteiger partial charge in [0.1, 0.15) is 5.75 Å². The number of methoxy groups -OCH3 is 1. The molecule has 0 amide bonds. The van der Waals surface area contributed by atoms with E-state index in [0.717, 1.165) is 47.7 Å². The van der Waals surface area contributed by atoms with Crippen molar-refractivity contribution in [1.82, 2.24) is 15.1 Å². The van der Waals surface area contributed by atoms with Crippen molar-refractivity contribution >= 4 is 34.2 Å². The average molecular weight is 398 g/mol. The molecule has 1 aliphatic heterocycles. The smallest absolute Gasteiger partial charge is 0.142 e. The topological polar surface area (TPSA) is 65.2 Å². The molecule has 0 radical (unpaired) electrons. The number of rotatable bonds is 7. The van der Waals surface area contributed by atoms with Gasteiger partial charge in [-0.3, -0.25) is 10.00 Å². The zero-order valence-corrected chi connectivity index (χ0v) is 17.2. The Bertz CT molecular complexity index is 928. The van der Waals surface area contributed by atoms with Crippen molar-refractivity contribution in [3.05, 3.63) is 48.2 Å². The van der Waals surface area contributed by atoms with Crippen LogP contribution in [0.25, 0.3) is 10.9 Å². The van der Waals surface area contributed by atoms with Gasteiger partial charge in [0.15, 0.2) is 0 Å². The third-order valence-electron chi connectivity index (χ3n) is 5.20. The van der Waals surface area contributed by atoms with E-state index in [1.54, 1.807) is 19.1 Å². The molecule has 1 aromatic heterocycles. The van der Waals surface area contributed by atoms with Crippen molar-refractivity contribution in [2.75, 3.05) is 36.5 Å². The Morgan fingerprint density at radius 3 is 3.07 bits per heavy atom. The summed E-state index contributed by atoms with van der Waals surface area (Å²) in [6, 6.07) is 13.2. The molecule has 1 atom stereocenters. The Kier molecular flexibility index (Phi) is 5.92. The SMILES string of the molecule is COc1ccc(CN2CCCC(Nc3ccc4[nH]ncc4c3)C2)cc1NSC. The first-order valence-corrected chi connectivity index (χ1v) is 10.9. The molecule has 1 aliphatic rings. The number of anilines is 2. The van der Waals surface area contributed by atoms with Gasteiger partial charge in [0.25, 0.3) is 0 Å². The van der Waals surface area contributed by atoms with Gasteiger partial charge >= 0.3 is 0 Å². The van der Waals surface area contributed by atoms with E-state index in [-0.39, 0.29) is 0 Å². The van der Waals surface area contributed by atoms with Gasteiger partial charge in [0, 0.05) is 36.5 Å². The lowest BCUT2D eigenvalue weighted by Crippen LogP contribution is -2.41. The number of hydrogen-bond donors (Lipinski definition) is 3. The van der Waals surface area contributed by atoms with Crippen LogP contribution in [0.15, 0.2) is 42.6 Å². The van der Waals surface area contributed by atoms with Gasteiger partial charge in [0.05, 0.1) is 24.5 Å². The molecule has 148 valence electrons. The molecule has 0 saturated carbocycles. The Hall–Kier alpha value is -2.38. The summed E-state index contributed by atoms with van der Waals surface area (Å²) in [5, 5.41) is 12.0. The van der Waals surface area contributed by atoms with Crippen LogP contribution in [-0.2, 0) is 6.54 Å². The molecular weight excluding hydrogens is 370 g/mol. The van der Waals surface area contributed by atoms with Gasteiger partial charge in [0.2, 0.25) is 0 Å². The molecule has 0 spiro atoms. The lowest BCUT2D eigenvalue weighted by atomic mass is 10.0. The van der Waals surface area contributed by atoms with E-state index >= 15 is 0 Å². The summed E-state index contributed by atoms with van der Waals surface area (Å²) >= 11 is 1.58. The lowest BCUT2D eigenvalue weighted by Gasteiger charge is -2.33. The number of benzene rings is 2. The maximum absolute atomic E-state index is 5.44. The van der Waals surface area contributed by atoms with Crippen LogP contribution in [0.5, 0.6) is 5.75 Å². The highest BCUT2D eigenvalue weighted by Crippen LogP contribution is 2.28. The zero-order chi connectivity index (χ0) is 19.3. The maximum Gasteiger partial charge on any atom is 0.142 e. The molecule has 3 N–H and O–H groups in total. The number of ether oxygens (including phenoxy) is 1. The number of aromatic amines is 1. The van der Waals surface area contributed by atoms with Crippen molar-refractivity contribution in [1.29, 1.82) is 0 Å². The largest absolute Gasteiger partial charge is 0.495 e. The molecule has 1 unspecified atom stereocenters. The van der Waals surface area contributed by atoms with Crippen LogP contribution in [0, 0.1) is 0 Å². The fraction of sp³-hybridized carbons (Fsp3) is 0.381. The highest BCUT2D eigenvalue weighted by molar-refractivity contribution is 7.99. The fourth-order valence-corrected chi connectivity index (χ4v) is 4.27. The minimum absolute atomic E-state index is 0.458. The maximum atomic E-state index is 5.44. The van der Waals surface area contributed by atoms with Crippen LogP contribution in [0.4, 0.5) is 11.4 Å². The van der Waals surface area contributed by atoms with E-state index in [0.29, 0.717) is 6.04 Å². The van der Waals surface area contributed by atoms with Crippen molar-refractivity contribution in [2.45, 2.75) is 25.4 Å². The molecular formula is C21H27N5OS. The van der Waals surface area contributed by atoms with Gasteiger partial charge in [-0.15, -0.1) is 0 Å². The summed E-state index contributed by atoms with van der Waals surface area (Å²) < 4.78 is 8.76. The first kappa shape index (κ1) is 19.0. The molecule has 2 aromatic carbocycles. The zero-order valence-electron chi connectivity index (χ0n) is 16.4. The number of likely N-dealkylation sites (tertiary alicyclic amines) is 1. The average Bonchev–Trinajstić information content (AvgIpc) is 3.17. The number of hydrogen-bond acceptors (Lipinski definition) is 6. The third kappa shape index (κ3) is 4.36. The minimum atomic E-state index is 0.458. The normalized spacial score (nSPS) is 17.6. The Balaban J connectivity index is 1.40. The summed E-state index contributed by atoms with van der Waals surface area (Å²) in [6.07, 6.45) is 6.30. The quantitative estimate of drug-likeness (QED) is 0.516. The lowest BCUT2D eigenvalue weighted by molar-refractivity contribution is 0.208. The van der Waals surface area contributed by atoms with Gasteiger partial charge in [-0.1, -0.05) is 18.0 Å². The summed E-state index contributed by atoms with van der Waals surface area (Å²) in [7, 11) is 1.71. The molecule has 1 fully saturated rings. The Morgan fingerprint density at radius 1 is 1.29 bits per heavy atom. The summed E-state index contributed by atoms with van der Waals surface area (Å²) in [5.41, 5.74) is 4.58. The van der Waals surface area contributed by atoms with Crippen LogP contribution in [0.2, 0.25) is 0 Å². The van der Waals surface area contributed by atoms with E-state index in [9.17, 15) is 0 Å². The molecule has 4 rings (SSSR count). The van der Waals surface area contributed by atoms with Gasteiger partial charge in [-0.25, -0.2) is 0 Å². The van der Waals surface area contributed by atoms with Crippen LogP contribution in [-0.4, -0.2) is 47.6 Å². The van der Waals surface area contributed by atoms with E-state index in [4.69, 9.17) is 4.74 Å². The molecule has 2 heterocycles. The van der Waals surface area contributed by atoms with Gasteiger partial charge in [-0.05, 0) is 55.3 Å². The summed E-state index contributed by atoms with van der Waals surface area (Å²) in [6.45, 7) is 3.13. The fourth-order valence-electron chi connectivity index (χ4n) is 3.89. The molecule has 28 heavy (non-hydrogen) atoms. The minimum Gasteiger partial charge on any atom is -0.495 e. The van der Waals surface area contributed by atoms with Crippen LogP contribution < -0.4 is 14.8 Å². The van der Waals surface area contributed by atoms with E-state index in [1.807, 2.05) is 18.5 Å². The van der Waals surface area contributed by atoms with Crippen LogP contribution in [0.1, 0.15) is 18.4 Å². The first-order valence-electron chi connectivity index (χ1n) is 9.63. The highest BCUT2D eigenvalue weighted by atomic mass is 32.2. The first-order chi connectivity index (χ1) is 13.7. The third-order valence-corrected chi connectivity index (χ3v) is 5.62. The van der Waals surface area contributed by atoms with Crippen molar-refractivity contribution in [3.63, 3.8) is 0 Å². The predicted octanol–water partition coefficient (Wildman–Crippen LogP) is 4.34. The Labute approximate surface area is 170 Å². The number of aromatic nitrogens is 2. The van der Waals surface area contributed by atoms with Crippen LogP contribution >= 0.6 is 11.9 Å². The van der Waals surface area contributed by atoms with Gasteiger partial charge in [-0.2, -0.15) is 5.10 Å². The Morgan fingerprint density at radius 2 is 2.21 bits per heavy atom. The number of fused-ring (bicyclic) bond motifs is 1. The number of H-pyrrole nitrogens is 1. The second-order valence-corrected chi connectivity index (χ2v) is 7.84. The molecule has 6 nitrogen and oxygen atoms in total. The number of piperidine rings is 1. The van der Waals surface area contributed by atoms with Crippen molar-refractivity contribution < 1.29 is 4.74 Å². The van der Waals surface area contributed by atoms with Crippen molar-refractivity contribution in [2.24, 2.45) is 0 Å². The van der Waals surface area contributed by atoms with E-state index in [1.165, 1.54) is 18.4 Å². The number of nitrogens with zero attached hydrogens (tertiary/aromatic N) is 2. The molecule has 0 aliphatic carbocycles. The monoisotopic (exact) mass is 397 g/mol. The standard InChI is InChI=1S/C21H27N5OS/c1-27-21-8-5-15(10-20(21)25-28-2)13-26-9-3-4-18(14-26)23-17-6-7-19-16(11-17)12-22-24-19/h5-8,10-12,18,23,25H,3-4,9,13-14H2,1-2H3,(H,22,24). The predicted molar refractivity (Wildman–Crippen MR) is 118 cm³/mol. The van der Waals surface area contributed by atoms with Crippen molar-refractivity contribution in [3.8, 4) is 5.75 Å². The van der Waals surface area contributed by atoms with E-state index in [2.05, 4.69) is 55.5 Å². The number of nitrogens with one attached hydrogen (secondary N) is 3. The molecule has 1 saturated heterocycles.